The van der Waals surface area contributed by atoms with Gasteiger partial charge in [-0.2, -0.15) is 0 Å². The highest BCUT2D eigenvalue weighted by Gasteiger charge is 2.14. The number of hydrogen-bond donors (Lipinski definition) is 2. The van der Waals surface area contributed by atoms with Gasteiger partial charge >= 0.3 is 0 Å². The van der Waals surface area contributed by atoms with Crippen LogP contribution in [-0.4, -0.2) is 32.6 Å². The van der Waals surface area contributed by atoms with E-state index in [9.17, 15) is 4.79 Å². The number of carbonyl (C=O) groups is 1. The van der Waals surface area contributed by atoms with Gasteiger partial charge in [-0.3, -0.25) is 4.79 Å². The highest BCUT2D eigenvalue weighted by Crippen LogP contribution is 2.22. The van der Waals surface area contributed by atoms with Gasteiger partial charge < -0.3 is 11.2 Å². The van der Waals surface area contributed by atoms with Crippen LogP contribution in [0.3, 0.4) is 0 Å². The van der Waals surface area contributed by atoms with Gasteiger partial charge in [0.25, 0.3) is 0 Å². The van der Waals surface area contributed by atoms with Crippen LogP contribution in [0.5, 0.6) is 0 Å². The third-order valence-corrected chi connectivity index (χ3v) is 5.41. The lowest BCUT2D eigenvalue weighted by Crippen LogP contribution is -2.34. The van der Waals surface area contributed by atoms with Gasteiger partial charge in [0.1, 0.15) is 0 Å². The van der Waals surface area contributed by atoms with E-state index in [-0.39, 0.29) is 17.7 Å². The first-order valence-electron chi connectivity index (χ1n) is 8.95. The van der Waals surface area contributed by atoms with Gasteiger partial charge in [-0.25, -0.2) is 4.68 Å². The molecular weight excluding hydrogens is 394 g/mol. The number of hydrogen-bond acceptors (Lipinski definition) is 5. The molecule has 28 heavy (non-hydrogen) atoms. The fourth-order valence-corrected chi connectivity index (χ4v) is 3.51. The van der Waals surface area contributed by atoms with Gasteiger partial charge in [-0.15, -0.1) is 10.2 Å². The number of nitrogens with zero attached hydrogens (tertiary/aromatic N) is 3. The summed E-state index contributed by atoms with van der Waals surface area (Å²) in [5.41, 5.74) is 2.08. The van der Waals surface area contributed by atoms with Crippen LogP contribution in [0, 0.1) is 0 Å². The van der Waals surface area contributed by atoms with Crippen molar-refractivity contribution in [3.05, 3.63) is 65.2 Å². The lowest BCUT2D eigenvalue weighted by atomic mass is 10.1. The summed E-state index contributed by atoms with van der Waals surface area (Å²) in [6.07, 6.45) is 1.81. The molecule has 0 aliphatic carbocycles. The van der Waals surface area contributed by atoms with Crippen LogP contribution in [0.25, 0.3) is 11.4 Å². The Balaban J connectivity index is 1.48. The fourth-order valence-electron chi connectivity index (χ4n) is 2.72. The van der Waals surface area contributed by atoms with Gasteiger partial charge in [-0.1, -0.05) is 53.7 Å². The standard InChI is InChI=1S/C20H22ClN5OS/c1-14(7-8-15-5-3-2-4-6-15)23-18(27)13-28-20-25-24-19(26(20)22)16-9-11-17(21)12-10-16/h2-6,9-12,14H,7-8,13,22H2,1H3,(H,23,27)/t14-/m0/s1. The molecule has 0 radical (unpaired) electrons. The summed E-state index contributed by atoms with van der Waals surface area (Å²) in [5, 5.41) is 12.3. The Morgan fingerprint density at radius 3 is 2.61 bits per heavy atom. The van der Waals surface area contributed by atoms with E-state index in [2.05, 4.69) is 27.6 Å². The third-order valence-electron chi connectivity index (χ3n) is 4.22. The van der Waals surface area contributed by atoms with Crippen molar-refractivity contribution in [1.82, 2.24) is 20.2 Å². The predicted molar refractivity (Wildman–Crippen MR) is 114 cm³/mol. The summed E-state index contributed by atoms with van der Waals surface area (Å²) in [6.45, 7) is 2.01. The molecule has 2 aromatic carbocycles. The number of halogens is 1. The second-order valence-corrected chi connectivity index (χ2v) is 7.84. The zero-order valence-corrected chi connectivity index (χ0v) is 17.1. The molecule has 1 atom stereocenters. The Bertz CT molecular complexity index is 914. The van der Waals surface area contributed by atoms with Crippen molar-refractivity contribution in [3.8, 4) is 11.4 Å². The molecule has 0 aliphatic heterocycles. The van der Waals surface area contributed by atoms with E-state index >= 15 is 0 Å². The summed E-state index contributed by atoms with van der Waals surface area (Å²) in [6, 6.07) is 17.5. The molecule has 146 valence electrons. The molecular formula is C20H22ClN5OS. The minimum absolute atomic E-state index is 0.0541. The first-order chi connectivity index (χ1) is 13.5. The number of nitrogens with one attached hydrogen (secondary N) is 1. The Morgan fingerprint density at radius 1 is 1.18 bits per heavy atom. The molecule has 3 N–H and O–H groups in total. The number of thioether (sulfide) groups is 1. The fraction of sp³-hybridized carbons (Fsp3) is 0.250. The van der Waals surface area contributed by atoms with Crippen LogP contribution in [-0.2, 0) is 11.2 Å². The minimum atomic E-state index is -0.0541. The predicted octanol–water partition coefficient (Wildman–Crippen LogP) is 3.54. The van der Waals surface area contributed by atoms with Crippen molar-refractivity contribution >= 4 is 29.3 Å². The van der Waals surface area contributed by atoms with Gasteiger partial charge in [-0.05, 0) is 49.6 Å². The van der Waals surface area contributed by atoms with Gasteiger partial charge in [0.15, 0.2) is 5.82 Å². The molecule has 0 saturated carbocycles. The zero-order chi connectivity index (χ0) is 19.9. The lowest BCUT2D eigenvalue weighted by molar-refractivity contribution is -0.119. The van der Waals surface area contributed by atoms with Crippen LogP contribution in [0.4, 0.5) is 0 Å². The smallest absolute Gasteiger partial charge is 0.230 e. The van der Waals surface area contributed by atoms with Crippen LogP contribution in [0.15, 0.2) is 59.8 Å². The molecule has 8 heteroatoms. The van der Waals surface area contributed by atoms with Crippen LogP contribution < -0.4 is 11.2 Å². The summed E-state index contributed by atoms with van der Waals surface area (Å²) in [7, 11) is 0. The SMILES string of the molecule is C[C@@H](CCc1ccccc1)NC(=O)CSc1nnc(-c2ccc(Cl)cc2)n1N. The third kappa shape index (κ3) is 5.50. The first-order valence-corrected chi connectivity index (χ1v) is 10.3. The molecule has 1 aromatic heterocycles. The molecule has 6 nitrogen and oxygen atoms in total. The van der Waals surface area contributed by atoms with Gasteiger partial charge in [0.2, 0.25) is 11.1 Å². The number of rotatable bonds is 8. The monoisotopic (exact) mass is 415 g/mol. The Kier molecular flexibility index (Phi) is 6.95. The largest absolute Gasteiger partial charge is 0.353 e. The van der Waals surface area contributed by atoms with Gasteiger partial charge in [0, 0.05) is 16.6 Å². The Morgan fingerprint density at radius 2 is 1.89 bits per heavy atom. The second-order valence-electron chi connectivity index (χ2n) is 6.46. The maximum atomic E-state index is 12.2. The molecule has 0 aliphatic rings. The summed E-state index contributed by atoms with van der Waals surface area (Å²) < 4.78 is 1.39. The average molecular weight is 416 g/mol. The molecule has 0 bridgehead atoms. The van der Waals surface area contributed by atoms with Gasteiger partial charge in [0.05, 0.1) is 5.75 Å². The minimum Gasteiger partial charge on any atom is -0.353 e. The summed E-state index contributed by atoms with van der Waals surface area (Å²) >= 11 is 7.16. The average Bonchev–Trinajstić information content (AvgIpc) is 3.07. The molecule has 0 saturated heterocycles. The van der Waals surface area contributed by atoms with Crippen LogP contribution >= 0.6 is 23.4 Å². The van der Waals surface area contributed by atoms with E-state index in [1.54, 1.807) is 12.1 Å². The number of nitrogens with two attached hydrogens (primary N) is 1. The Hall–Kier alpha value is -2.51. The number of aromatic nitrogens is 3. The Labute approximate surface area is 173 Å². The van der Waals surface area contributed by atoms with E-state index in [1.165, 1.54) is 22.0 Å². The van der Waals surface area contributed by atoms with Crippen LogP contribution in [0.2, 0.25) is 5.02 Å². The zero-order valence-electron chi connectivity index (χ0n) is 15.5. The summed E-state index contributed by atoms with van der Waals surface area (Å²) in [5.74, 6) is 6.78. The topological polar surface area (TPSA) is 85.8 Å². The van der Waals surface area contributed by atoms with E-state index in [0.29, 0.717) is 16.0 Å². The van der Waals surface area contributed by atoms with Crippen molar-refractivity contribution in [2.24, 2.45) is 0 Å². The van der Waals surface area contributed by atoms with E-state index in [1.807, 2.05) is 37.3 Å². The molecule has 3 aromatic rings. The molecule has 0 spiro atoms. The molecule has 0 fully saturated rings. The maximum Gasteiger partial charge on any atom is 0.230 e. The van der Waals surface area contributed by atoms with Crippen LogP contribution in [0.1, 0.15) is 18.9 Å². The normalized spacial score (nSPS) is 11.9. The number of aryl methyl sites for hydroxylation is 1. The van der Waals surface area contributed by atoms with Crippen molar-refractivity contribution in [1.29, 1.82) is 0 Å². The molecule has 1 heterocycles. The van der Waals surface area contributed by atoms with Crippen molar-refractivity contribution in [2.75, 3.05) is 11.6 Å². The van der Waals surface area contributed by atoms with E-state index < -0.39 is 0 Å². The number of amides is 1. The quantitative estimate of drug-likeness (QED) is 0.434. The summed E-state index contributed by atoms with van der Waals surface area (Å²) in [4.78, 5) is 12.2. The number of carbonyl (C=O) groups excluding carboxylic acids is 1. The van der Waals surface area contributed by atoms with E-state index in [4.69, 9.17) is 17.4 Å². The lowest BCUT2D eigenvalue weighted by Gasteiger charge is -2.13. The first kappa shape index (κ1) is 20.2. The number of nitrogen functional groups attached to an aromatic ring is 1. The van der Waals surface area contributed by atoms with Crippen molar-refractivity contribution in [3.63, 3.8) is 0 Å². The second kappa shape index (κ2) is 9.61. The van der Waals surface area contributed by atoms with E-state index in [0.717, 1.165) is 18.4 Å². The molecule has 1 amide bonds. The van der Waals surface area contributed by atoms with Crippen molar-refractivity contribution < 1.29 is 4.79 Å². The molecule has 3 rings (SSSR count). The molecule has 0 unspecified atom stereocenters. The highest BCUT2D eigenvalue weighted by molar-refractivity contribution is 7.99. The highest BCUT2D eigenvalue weighted by atomic mass is 35.5. The van der Waals surface area contributed by atoms with Crippen molar-refractivity contribution in [2.45, 2.75) is 31.0 Å². The maximum absolute atomic E-state index is 12.2. The number of benzene rings is 2.